The first-order chi connectivity index (χ1) is 8.50. The van der Waals surface area contributed by atoms with Gasteiger partial charge in [-0.2, -0.15) is 0 Å². The van der Waals surface area contributed by atoms with Gasteiger partial charge in [-0.15, -0.1) is 0 Å². The quantitative estimate of drug-likeness (QED) is 0.805. The fraction of sp³-hybridized carbons (Fsp3) is 0.857. The zero-order chi connectivity index (χ0) is 13.5. The number of rotatable bonds is 2. The van der Waals surface area contributed by atoms with E-state index in [4.69, 9.17) is 0 Å². The molecule has 1 N–H and O–H groups in total. The number of piperidine rings is 1. The molecule has 0 aromatic carbocycles. The molecule has 0 aromatic rings. The maximum Gasteiger partial charge on any atom is 0.146 e. The van der Waals surface area contributed by atoms with Crippen molar-refractivity contribution in [1.29, 1.82) is 0 Å². The van der Waals surface area contributed by atoms with Crippen molar-refractivity contribution in [1.82, 2.24) is 10.2 Å². The average Bonchev–Trinajstić information content (AvgIpc) is 2.84. The Kier molecular flexibility index (Phi) is 6.50. The van der Waals surface area contributed by atoms with Gasteiger partial charge in [-0.25, -0.2) is 0 Å². The van der Waals surface area contributed by atoms with E-state index in [1.54, 1.807) is 13.8 Å². The van der Waals surface area contributed by atoms with E-state index < -0.39 is 0 Å². The third kappa shape index (κ3) is 5.27. The number of nitrogens with zero attached hydrogens (tertiary/aromatic N) is 1. The van der Waals surface area contributed by atoms with Crippen LogP contribution in [0.4, 0.5) is 0 Å². The van der Waals surface area contributed by atoms with Crippen LogP contribution in [0.3, 0.4) is 0 Å². The van der Waals surface area contributed by atoms with Crippen molar-refractivity contribution >= 4 is 11.6 Å². The van der Waals surface area contributed by atoms with Gasteiger partial charge in [0.1, 0.15) is 11.6 Å². The van der Waals surface area contributed by atoms with Gasteiger partial charge in [0, 0.05) is 5.92 Å². The van der Waals surface area contributed by atoms with E-state index in [0.29, 0.717) is 11.7 Å². The highest BCUT2D eigenvalue weighted by Crippen LogP contribution is 2.16. The van der Waals surface area contributed by atoms with Crippen molar-refractivity contribution < 1.29 is 9.59 Å². The third-order valence-corrected chi connectivity index (χ3v) is 3.84. The Morgan fingerprint density at radius 1 is 1.06 bits per heavy atom. The molecule has 104 valence electrons. The molecule has 1 atom stereocenters. The van der Waals surface area contributed by atoms with Crippen LogP contribution in [0.25, 0.3) is 0 Å². The van der Waals surface area contributed by atoms with Crippen molar-refractivity contribution in [3.05, 3.63) is 0 Å². The molecule has 2 saturated heterocycles. The summed E-state index contributed by atoms with van der Waals surface area (Å²) in [5.74, 6) is 1.01. The predicted octanol–water partition coefficient (Wildman–Crippen LogP) is 1.24. The van der Waals surface area contributed by atoms with E-state index >= 15 is 0 Å². The lowest BCUT2D eigenvalue weighted by Crippen LogP contribution is -2.32. The summed E-state index contributed by atoms with van der Waals surface area (Å²) in [4.78, 5) is 23.7. The Labute approximate surface area is 110 Å². The van der Waals surface area contributed by atoms with Crippen LogP contribution in [0.2, 0.25) is 0 Å². The van der Waals surface area contributed by atoms with Crippen LogP contribution in [0.1, 0.15) is 39.5 Å². The first-order valence-electron chi connectivity index (χ1n) is 6.93. The number of likely N-dealkylation sites (tertiary alicyclic amines) is 1. The Morgan fingerprint density at radius 2 is 1.67 bits per heavy atom. The molecule has 18 heavy (non-hydrogen) atoms. The first-order valence-corrected chi connectivity index (χ1v) is 6.93. The lowest BCUT2D eigenvalue weighted by atomic mass is 9.94. The first kappa shape index (κ1) is 15.3. The summed E-state index contributed by atoms with van der Waals surface area (Å²) in [6, 6.07) is 0.176. The summed E-state index contributed by atoms with van der Waals surface area (Å²) in [5, 5.41) is 3.11. The molecule has 2 rings (SSSR count). The molecule has 0 saturated carbocycles. The second-order valence-corrected chi connectivity index (χ2v) is 5.45. The highest BCUT2D eigenvalue weighted by atomic mass is 16.1. The van der Waals surface area contributed by atoms with Crippen LogP contribution in [-0.4, -0.2) is 49.2 Å². The second kappa shape index (κ2) is 7.64. The van der Waals surface area contributed by atoms with Crippen molar-refractivity contribution in [2.75, 3.05) is 26.7 Å². The van der Waals surface area contributed by atoms with Gasteiger partial charge in [-0.05, 0) is 66.2 Å². The molecule has 0 amide bonds. The summed E-state index contributed by atoms with van der Waals surface area (Å²) in [5.41, 5.74) is 0. The van der Waals surface area contributed by atoms with Crippen molar-refractivity contribution in [3.8, 4) is 0 Å². The Morgan fingerprint density at radius 3 is 2.00 bits per heavy atom. The summed E-state index contributed by atoms with van der Waals surface area (Å²) in [6.45, 7) is 6.54. The fourth-order valence-electron chi connectivity index (χ4n) is 2.45. The second-order valence-electron chi connectivity index (χ2n) is 5.45. The molecule has 2 fully saturated rings. The fourth-order valence-corrected chi connectivity index (χ4v) is 2.45. The standard InChI is InChI=1S/C8H15NO.C6H11NO/c1-7(10)8-3-5-9(2)6-4-8;1-5(8)6-3-2-4-7-6/h8H,3-6H2,1-2H3;6-7H,2-4H2,1H3. The minimum absolute atomic E-state index is 0.176. The van der Waals surface area contributed by atoms with Crippen LogP contribution in [0.5, 0.6) is 0 Å². The number of Topliss-reactive ketones (excluding diaryl/α,β-unsaturated/α-hetero) is 2. The van der Waals surface area contributed by atoms with Crippen molar-refractivity contribution in [2.24, 2.45) is 5.92 Å². The number of hydrogen-bond acceptors (Lipinski definition) is 4. The van der Waals surface area contributed by atoms with E-state index in [-0.39, 0.29) is 11.8 Å². The Balaban J connectivity index is 0.000000184. The highest BCUT2D eigenvalue weighted by Gasteiger charge is 2.19. The van der Waals surface area contributed by atoms with Gasteiger partial charge in [0.2, 0.25) is 0 Å². The molecular weight excluding hydrogens is 228 g/mol. The summed E-state index contributed by atoms with van der Waals surface area (Å²) >= 11 is 0. The van der Waals surface area contributed by atoms with Gasteiger partial charge in [0.25, 0.3) is 0 Å². The maximum atomic E-state index is 10.9. The number of ketones is 2. The average molecular weight is 254 g/mol. The van der Waals surface area contributed by atoms with E-state index in [0.717, 1.165) is 45.3 Å². The third-order valence-electron chi connectivity index (χ3n) is 3.84. The summed E-state index contributed by atoms with van der Waals surface area (Å²) in [7, 11) is 2.11. The van der Waals surface area contributed by atoms with Gasteiger partial charge in [0.05, 0.1) is 6.04 Å². The smallest absolute Gasteiger partial charge is 0.146 e. The molecule has 2 aliphatic rings. The Hall–Kier alpha value is -0.740. The number of nitrogens with one attached hydrogen (secondary N) is 1. The van der Waals surface area contributed by atoms with Crippen LogP contribution >= 0.6 is 0 Å². The Bertz CT molecular complexity index is 278. The topological polar surface area (TPSA) is 49.4 Å². The molecule has 0 spiro atoms. The SMILES string of the molecule is CC(=O)C1CCCN1.CC(=O)C1CCN(C)CC1. The molecule has 2 heterocycles. The molecule has 4 nitrogen and oxygen atoms in total. The molecule has 2 aliphatic heterocycles. The zero-order valence-corrected chi connectivity index (χ0v) is 11.9. The summed E-state index contributed by atoms with van der Waals surface area (Å²) in [6.07, 6.45) is 4.32. The van der Waals surface area contributed by atoms with Gasteiger partial charge in [0.15, 0.2) is 0 Å². The van der Waals surface area contributed by atoms with Gasteiger partial charge >= 0.3 is 0 Å². The van der Waals surface area contributed by atoms with Gasteiger partial charge < -0.3 is 10.2 Å². The minimum atomic E-state index is 0.176. The van der Waals surface area contributed by atoms with Crippen LogP contribution in [-0.2, 0) is 9.59 Å². The summed E-state index contributed by atoms with van der Waals surface area (Å²) < 4.78 is 0. The molecular formula is C14H26N2O2. The molecule has 0 aromatic heterocycles. The molecule has 1 unspecified atom stereocenters. The van der Waals surface area contributed by atoms with Crippen LogP contribution in [0.15, 0.2) is 0 Å². The van der Waals surface area contributed by atoms with E-state index in [2.05, 4.69) is 17.3 Å². The minimum Gasteiger partial charge on any atom is -0.307 e. The highest BCUT2D eigenvalue weighted by molar-refractivity contribution is 5.81. The molecule has 0 aliphatic carbocycles. The van der Waals surface area contributed by atoms with Crippen molar-refractivity contribution in [2.45, 2.75) is 45.6 Å². The lowest BCUT2D eigenvalue weighted by molar-refractivity contribution is -0.122. The predicted molar refractivity (Wildman–Crippen MR) is 72.6 cm³/mol. The van der Waals surface area contributed by atoms with E-state index in [9.17, 15) is 9.59 Å². The molecule has 0 radical (unpaired) electrons. The van der Waals surface area contributed by atoms with Crippen LogP contribution in [0, 0.1) is 5.92 Å². The number of carbonyl (C=O) groups is 2. The zero-order valence-electron chi connectivity index (χ0n) is 11.9. The van der Waals surface area contributed by atoms with Crippen molar-refractivity contribution in [3.63, 3.8) is 0 Å². The maximum absolute atomic E-state index is 10.9. The number of hydrogen-bond donors (Lipinski definition) is 1. The molecule has 4 heteroatoms. The lowest BCUT2D eigenvalue weighted by Gasteiger charge is -2.26. The largest absolute Gasteiger partial charge is 0.307 e. The molecule has 0 bridgehead atoms. The van der Waals surface area contributed by atoms with E-state index in [1.165, 1.54) is 0 Å². The van der Waals surface area contributed by atoms with Crippen LogP contribution < -0.4 is 5.32 Å². The number of carbonyl (C=O) groups excluding carboxylic acids is 2. The normalized spacial score (nSPS) is 25.4. The van der Waals surface area contributed by atoms with Gasteiger partial charge in [-0.3, -0.25) is 9.59 Å². The van der Waals surface area contributed by atoms with E-state index in [1.807, 2.05) is 0 Å². The van der Waals surface area contributed by atoms with Gasteiger partial charge in [-0.1, -0.05) is 0 Å². The monoisotopic (exact) mass is 254 g/mol.